The Labute approximate surface area is 147 Å². The summed E-state index contributed by atoms with van der Waals surface area (Å²) in [6.07, 6.45) is 5.94. The highest BCUT2D eigenvalue weighted by Crippen LogP contribution is 2.37. The Hall–Kier alpha value is -2.31. The summed E-state index contributed by atoms with van der Waals surface area (Å²) in [4.78, 5) is 0. The van der Waals surface area contributed by atoms with E-state index in [2.05, 4.69) is 11.4 Å². The first-order valence-corrected chi connectivity index (χ1v) is 9.82. The van der Waals surface area contributed by atoms with E-state index in [1.165, 1.54) is 21.9 Å². The second kappa shape index (κ2) is 6.20. The molecule has 2 heterocycles. The fourth-order valence-electron chi connectivity index (χ4n) is 3.59. The molecule has 0 spiro atoms. The Morgan fingerprint density at radius 1 is 1.16 bits per heavy atom. The third kappa shape index (κ3) is 2.62. The minimum Gasteiger partial charge on any atom is -0.451 e. The molecule has 4 rings (SSSR count). The number of nitrogens with one attached hydrogen (secondary N) is 1. The molecule has 3 aromatic rings. The van der Waals surface area contributed by atoms with Gasteiger partial charge in [0.05, 0.1) is 12.0 Å². The number of benzene rings is 1. The van der Waals surface area contributed by atoms with Crippen LogP contribution < -0.4 is 5.32 Å². The van der Waals surface area contributed by atoms with Crippen molar-refractivity contribution in [3.05, 3.63) is 65.5 Å². The van der Waals surface area contributed by atoms with Crippen LogP contribution in [0.1, 0.15) is 23.1 Å². The number of fused-ring (bicyclic) bond motifs is 3. The Morgan fingerprint density at radius 3 is 2.76 bits per heavy atom. The van der Waals surface area contributed by atoms with E-state index in [-0.39, 0.29) is 5.09 Å². The molecule has 6 heteroatoms. The molecule has 1 N–H and O–H groups in total. The number of aryl methyl sites for hydroxylation is 1. The number of rotatable bonds is 4. The number of hydrogen-bond donors (Lipinski definition) is 1. The van der Waals surface area contributed by atoms with E-state index in [1.807, 2.05) is 25.2 Å². The predicted octanol–water partition coefficient (Wildman–Crippen LogP) is 3.19. The Balaban J connectivity index is 2.02. The first kappa shape index (κ1) is 16.2. The molecule has 1 aliphatic rings. The standard InChI is InChI=1S/C19H20N2O3S/c1-20-12-15-13-21(25(22,23)18-10-5-11-24-18)19-16-8-3-2-6-14(16)7-4-9-17(15)19/h2-3,5-6,8,10-11,13,20H,4,7,9,12H2,1H3. The lowest BCUT2D eigenvalue weighted by Gasteiger charge is -2.12. The molecule has 25 heavy (non-hydrogen) atoms. The third-order valence-electron chi connectivity index (χ3n) is 4.69. The fraction of sp³-hybridized carbons (Fsp3) is 0.263. The van der Waals surface area contributed by atoms with E-state index >= 15 is 0 Å². The minimum absolute atomic E-state index is 0.0389. The van der Waals surface area contributed by atoms with Crippen molar-refractivity contribution in [2.45, 2.75) is 30.9 Å². The van der Waals surface area contributed by atoms with Crippen LogP contribution in [-0.4, -0.2) is 19.4 Å². The maximum atomic E-state index is 13.2. The predicted molar refractivity (Wildman–Crippen MR) is 95.9 cm³/mol. The second-order valence-electron chi connectivity index (χ2n) is 6.26. The summed E-state index contributed by atoms with van der Waals surface area (Å²) in [5.74, 6) is 0. The first-order chi connectivity index (χ1) is 12.1. The zero-order valence-electron chi connectivity index (χ0n) is 14.0. The molecule has 0 saturated carbocycles. The van der Waals surface area contributed by atoms with Gasteiger partial charge in [-0.25, -0.2) is 3.97 Å². The maximum Gasteiger partial charge on any atom is 0.301 e. The number of furan rings is 1. The van der Waals surface area contributed by atoms with Crippen molar-refractivity contribution >= 4 is 10.0 Å². The molecule has 130 valence electrons. The van der Waals surface area contributed by atoms with Gasteiger partial charge in [0.2, 0.25) is 5.09 Å². The SMILES string of the molecule is CNCc1cn(S(=O)(=O)c2ccco2)c2c1CCCc1ccccc1-2. The molecule has 0 aliphatic heterocycles. The number of hydrogen-bond acceptors (Lipinski definition) is 4. The van der Waals surface area contributed by atoms with Crippen LogP contribution in [0.15, 0.2) is 58.4 Å². The summed E-state index contributed by atoms with van der Waals surface area (Å²) in [6.45, 7) is 0.630. The van der Waals surface area contributed by atoms with Crippen LogP contribution >= 0.6 is 0 Å². The summed E-state index contributed by atoms with van der Waals surface area (Å²) < 4.78 is 32.9. The summed E-state index contributed by atoms with van der Waals surface area (Å²) >= 11 is 0. The zero-order valence-corrected chi connectivity index (χ0v) is 14.8. The van der Waals surface area contributed by atoms with Gasteiger partial charge in [-0.2, -0.15) is 8.42 Å². The van der Waals surface area contributed by atoms with Crippen LogP contribution in [0.3, 0.4) is 0 Å². The van der Waals surface area contributed by atoms with Crippen LogP contribution in [-0.2, 0) is 29.4 Å². The lowest BCUT2D eigenvalue weighted by atomic mass is 10.0. The van der Waals surface area contributed by atoms with Crippen molar-refractivity contribution in [2.24, 2.45) is 0 Å². The molecule has 1 aromatic carbocycles. The minimum atomic E-state index is -3.77. The Morgan fingerprint density at radius 2 is 2.00 bits per heavy atom. The summed E-state index contributed by atoms with van der Waals surface area (Å²) in [7, 11) is -1.90. The quantitative estimate of drug-likeness (QED) is 0.780. The second-order valence-corrected chi connectivity index (χ2v) is 8.00. The fourth-order valence-corrected chi connectivity index (χ4v) is 4.93. The molecular formula is C19H20N2O3S. The molecule has 0 amide bonds. The van der Waals surface area contributed by atoms with E-state index in [0.717, 1.165) is 41.6 Å². The van der Waals surface area contributed by atoms with Gasteiger partial charge in [-0.05, 0) is 55.1 Å². The molecule has 0 radical (unpaired) electrons. The van der Waals surface area contributed by atoms with Crippen LogP contribution in [0.2, 0.25) is 0 Å². The van der Waals surface area contributed by atoms with Gasteiger partial charge in [0.1, 0.15) is 0 Å². The lowest BCUT2D eigenvalue weighted by Crippen LogP contribution is -2.13. The normalized spacial score (nSPS) is 14.0. The Bertz CT molecular complexity index is 1000. The summed E-state index contributed by atoms with van der Waals surface area (Å²) in [5, 5.41) is 3.11. The van der Waals surface area contributed by atoms with E-state index in [9.17, 15) is 8.42 Å². The highest BCUT2D eigenvalue weighted by atomic mass is 32.2. The largest absolute Gasteiger partial charge is 0.451 e. The monoisotopic (exact) mass is 356 g/mol. The van der Waals surface area contributed by atoms with Crippen molar-refractivity contribution < 1.29 is 12.8 Å². The zero-order chi connectivity index (χ0) is 17.4. The molecular weight excluding hydrogens is 336 g/mol. The molecule has 0 saturated heterocycles. The molecule has 0 atom stereocenters. The van der Waals surface area contributed by atoms with Crippen molar-refractivity contribution in [3.8, 4) is 11.3 Å². The molecule has 0 fully saturated rings. The Kier molecular flexibility index (Phi) is 4.01. The lowest BCUT2D eigenvalue weighted by molar-refractivity contribution is 0.447. The van der Waals surface area contributed by atoms with Crippen molar-refractivity contribution in [1.29, 1.82) is 0 Å². The topological polar surface area (TPSA) is 64.2 Å². The van der Waals surface area contributed by atoms with E-state index in [4.69, 9.17) is 4.42 Å². The van der Waals surface area contributed by atoms with Crippen LogP contribution in [0, 0.1) is 0 Å². The molecule has 2 aromatic heterocycles. The molecule has 1 aliphatic carbocycles. The number of nitrogens with zero attached hydrogens (tertiary/aromatic N) is 1. The van der Waals surface area contributed by atoms with Gasteiger partial charge in [0.25, 0.3) is 0 Å². The summed E-state index contributed by atoms with van der Waals surface area (Å²) in [5.41, 5.74) is 5.08. The van der Waals surface area contributed by atoms with Crippen molar-refractivity contribution in [2.75, 3.05) is 7.05 Å². The van der Waals surface area contributed by atoms with Gasteiger partial charge < -0.3 is 9.73 Å². The van der Waals surface area contributed by atoms with Crippen molar-refractivity contribution in [1.82, 2.24) is 9.29 Å². The van der Waals surface area contributed by atoms with Gasteiger partial charge in [-0.15, -0.1) is 0 Å². The average Bonchev–Trinajstić information content (AvgIpc) is 3.22. The van der Waals surface area contributed by atoms with Gasteiger partial charge in [-0.1, -0.05) is 24.3 Å². The van der Waals surface area contributed by atoms with Gasteiger partial charge >= 0.3 is 10.0 Å². The maximum absolute atomic E-state index is 13.2. The molecule has 0 unspecified atom stereocenters. The van der Waals surface area contributed by atoms with Gasteiger partial charge in [0, 0.05) is 18.3 Å². The van der Waals surface area contributed by atoms with Gasteiger partial charge in [-0.3, -0.25) is 0 Å². The van der Waals surface area contributed by atoms with E-state index in [1.54, 1.807) is 12.3 Å². The van der Waals surface area contributed by atoms with E-state index in [0.29, 0.717) is 6.54 Å². The molecule has 5 nitrogen and oxygen atoms in total. The summed E-state index contributed by atoms with van der Waals surface area (Å²) in [6, 6.07) is 11.1. The third-order valence-corrected chi connectivity index (χ3v) is 6.23. The van der Waals surface area contributed by atoms with Crippen molar-refractivity contribution in [3.63, 3.8) is 0 Å². The highest BCUT2D eigenvalue weighted by Gasteiger charge is 2.29. The number of aromatic nitrogens is 1. The van der Waals surface area contributed by atoms with Crippen LogP contribution in [0.5, 0.6) is 0 Å². The average molecular weight is 356 g/mol. The first-order valence-electron chi connectivity index (χ1n) is 8.38. The molecule has 0 bridgehead atoms. The highest BCUT2D eigenvalue weighted by molar-refractivity contribution is 7.89. The van der Waals surface area contributed by atoms with Gasteiger partial charge in [0.15, 0.2) is 0 Å². The van der Waals surface area contributed by atoms with Crippen LogP contribution in [0.4, 0.5) is 0 Å². The van der Waals surface area contributed by atoms with E-state index < -0.39 is 10.0 Å². The van der Waals surface area contributed by atoms with Crippen LogP contribution in [0.25, 0.3) is 11.3 Å². The smallest absolute Gasteiger partial charge is 0.301 e.